The molecule has 0 aliphatic heterocycles. The molecule has 138 valence electrons. The third-order valence-corrected chi connectivity index (χ3v) is 3.89. The standard InChI is InChI=1S/C18H16ClF3N2O2/c1-11(25)24(15-7-6-14(20)17(21)18(15)22)10-16(26)23-9-8-12-2-4-13(19)5-3-12/h2-7H,8-10H2,1H3,(H,23,26). The molecule has 0 radical (unpaired) electrons. The zero-order chi connectivity index (χ0) is 19.3. The number of amides is 2. The van der Waals surface area contributed by atoms with E-state index in [4.69, 9.17) is 11.6 Å². The molecule has 0 spiro atoms. The van der Waals surface area contributed by atoms with Gasteiger partial charge in [0, 0.05) is 18.5 Å². The van der Waals surface area contributed by atoms with Crippen LogP contribution in [-0.4, -0.2) is 24.9 Å². The predicted octanol–water partition coefficient (Wildman–Crippen LogP) is 3.47. The molecule has 2 aromatic carbocycles. The Balaban J connectivity index is 1.99. The summed E-state index contributed by atoms with van der Waals surface area (Å²) in [5, 5.41) is 3.19. The van der Waals surface area contributed by atoms with E-state index in [0.29, 0.717) is 17.5 Å². The Labute approximate surface area is 153 Å². The van der Waals surface area contributed by atoms with Crippen molar-refractivity contribution < 1.29 is 22.8 Å². The second-order valence-electron chi connectivity index (χ2n) is 5.53. The van der Waals surface area contributed by atoms with E-state index in [0.717, 1.165) is 23.5 Å². The smallest absolute Gasteiger partial charge is 0.240 e. The van der Waals surface area contributed by atoms with Crippen LogP contribution in [0.25, 0.3) is 0 Å². The van der Waals surface area contributed by atoms with Crippen molar-refractivity contribution >= 4 is 29.1 Å². The highest BCUT2D eigenvalue weighted by atomic mass is 35.5. The minimum absolute atomic E-state index is 0.284. The highest BCUT2D eigenvalue weighted by Gasteiger charge is 2.22. The molecule has 0 aromatic heterocycles. The van der Waals surface area contributed by atoms with Crippen molar-refractivity contribution in [2.24, 2.45) is 0 Å². The average Bonchev–Trinajstić information content (AvgIpc) is 2.60. The van der Waals surface area contributed by atoms with Crippen LogP contribution in [0, 0.1) is 17.5 Å². The molecule has 2 amide bonds. The van der Waals surface area contributed by atoms with Gasteiger partial charge in [0.25, 0.3) is 0 Å². The summed E-state index contributed by atoms with van der Waals surface area (Å²) in [6.07, 6.45) is 0.530. The lowest BCUT2D eigenvalue weighted by molar-refractivity contribution is -0.123. The van der Waals surface area contributed by atoms with Crippen LogP contribution < -0.4 is 10.2 Å². The number of halogens is 4. The van der Waals surface area contributed by atoms with Gasteiger partial charge in [-0.3, -0.25) is 9.59 Å². The van der Waals surface area contributed by atoms with Gasteiger partial charge in [-0.25, -0.2) is 13.2 Å². The lowest BCUT2D eigenvalue weighted by Crippen LogP contribution is -2.41. The fourth-order valence-electron chi connectivity index (χ4n) is 2.29. The first-order valence-electron chi connectivity index (χ1n) is 7.72. The van der Waals surface area contributed by atoms with Gasteiger partial charge in [-0.05, 0) is 36.2 Å². The quantitative estimate of drug-likeness (QED) is 0.775. The number of rotatable bonds is 6. The fourth-order valence-corrected chi connectivity index (χ4v) is 2.41. The van der Waals surface area contributed by atoms with Crippen LogP contribution in [0.1, 0.15) is 12.5 Å². The summed E-state index contributed by atoms with van der Waals surface area (Å²) in [4.78, 5) is 24.5. The van der Waals surface area contributed by atoms with Crippen LogP contribution in [-0.2, 0) is 16.0 Å². The molecule has 8 heteroatoms. The van der Waals surface area contributed by atoms with Gasteiger partial charge in [0.1, 0.15) is 6.54 Å². The van der Waals surface area contributed by atoms with Gasteiger partial charge in [-0.15, -0.1) is 0 Å². The highest BCUT2D eigenvalue weighted by molar-refractivity contribution is 6.30. The van der Waals surface area contributed by atoms with E-state index in [9.17, 15) is 22.8 Å². The van der Waals surface area contributed by atoms with E-state index >= 15 is 0 Å². The molecule has 0 fully saturated rings. The largest absolute Gasteiger partial charge is 0.354 e. The maximum Gasteiger partial charge on any atom is 0.240 e. The third kappa shape index (κ3) is 4.98. The van der Waals surface area contributed by atoms with Gasteiger partial charge < -0.3 is 10.2 Å². The molecule has 0 aliphatic carbocycles. The molecule has 0 atom stereocenters. The molecule has 0 saturated carbocycles. The van der Waals surface area contributed by atoms with Gasteiger partial charge in [0.05, 0.1) is 5.69 Å². The molecule has 2 aromatic rings. The Morgan fingerprint density at radius 3 is 2.31 bits per heavy atom. The van der Waals surface area contributed by atoms with Gasteiger partial charge in [0.2, 0.25) is 11.8 Å². The Morgan fingerprint density at radius 2 is 1.69 bits per heavy atom. The van der Waals surface area contributed by atoms with Crippen molar-refractivity contribution in [1.82, 2.24) is 5.32 Å². The van der Waals surface area contributed by atoms with E-state index in [-0.39, 0.29) is 6.54 Å². The molecule has 1 N–H and O–H groups in total. The van der Waals surface area contributed by atoms with Crippen molar-refractivity contribution in [2.75, 3.05) is 18.0 Å². The first-order chi connectivity index (χ1) is 12.3. The van der Waals surface area contributed by atoms with E-state index < -0.39 is 41.5 Å². The zero-order valence-corrected chi connectivity index (χ0v) is 14.6. The van der Waals surface area contributed by atoms with Crippen molar-refractivity contribution in [3.8, 4) is 0 Å². The normalized spacial score (nSPS) is 10.5. The molecule has 4 nitrogen and oxygen atoms in total. The van der Waals surface area contributed by atoms with Crippen molar-refractivity contribution in [2.45, 2.75) is 13.3 Å². The first-order valence-corrected chi connectivity index (χ1v) is 8.10. The molecule has 0 saturated heterocycles. The summed E-state index contributed by atoms with van der Waals surface area (Å²) in [5.74, 6) is -5.82. The lowest BCUT2D eigenvalue weighted by atomic mass is 10.1. The van der Waals surface area contributed by atoms with Crippen LogP contribution in [0.15, 0.2) is 36.4 Å². The summed E-state index contributed by atoms with van der Waals surface area (Å²) < 4.78 is 40.3. The maximum atomic E-state index is 13.9. The molecule has 0 bridgehead atoms. The maximum absolute atomic E-state index is 13.9. The second kappa shape index (κ2) is 8.71. The Bertz CT molecular complexity index is 813. The number of nitrogens with one attached hydrogen (secondary N) is 1. The zero-order valence-electron chi connectivity index (χ0n) is 13.9. The molecular formula is C18H16ClF3N2O2. The average molecular weight is 385 g/mol. The Kier molecular flexibility index (Phi) is 6.63. The first kappa shape index (κ1) is 19.8. The second-order valence-corrected chi connectivity index (χ2v) is 5.96. The number of anilines is 1. The molecule has 26 heavy (non-hydrogen) atoms. The monoisotopic (exact) mass is 384 g/mol. The van der Waals surface area contributed by atoms with Crippen LogP contribution in [0.5, 0.6) is 0 Å². The molecule has 0 unspecified atom stereocenters. The van der Waals surface area contributed by atoms with E-state index in [2.05, 4.69) is 5.32 Å². The minimum atomic E-state index is -1.70. The van der Waals surface area contributed by atoms with Gasteiger partial charge in [0.15, 0.2) is 17.5 Å². The summed E-state index contributed by atoms with van der Waals surface area (Å²) in [5.41, 5.74) is 0.453. The van der Waals surface area contributed by atoms with E-state index in [1.807, 2.05) is 12.1 Å². The van der Waals surface area contributed by atoms with Gasteiger partial charge in [-0.1, -0.05) is 23.7 Å². The third-order valence-electron chi connectivity index (χ3n) is 3.64. The number of carbonyl (C=O) groups is 2. The predicted molar refractivity (Wildman–Crippen MR) is 92.5 cm³/mol. The SMILES string of the molecule is CC(=O)N(CC(=O)NCCc1ccc(Cl)cc1)c1ccc(F)c(F)c1F. The number of carbonyl (C=O) groups excluding carboxylic acids is 2. The molecule has 0 heterocycles. The number of hydrogen-bond donors (Lipinski definition) is 1. The van der Waals surface area contributed by atoms with Crippen LogP contribution in [0.3, 0.4) is 0 Å². The number of benzene rings is 2. The van der Waals surface area contributed by atoms with E-state index in [1.165, 1.54) is 0 Å². The molecular weight excluding hydrogens is 369 g/mol. The van der Waals surface area contributed by atoms with Crippen molar-refractivity contribution in [3.05, 3.63) is 64.4 Å². The summed E-state index contributed by atoms with van der Waals surface area (Å²) >= 11 is 5.79. The van der Waals surface area contributed by atoms with Crippen LogP contribution in [0.2, 0.25) is 5.02 Å². The lowest BCUT2D eigenvalue weighted by Gasteiger charge is -2.21. The number of hydrogen-bond acceptors (Lipinski definition) is 2. The Morgan fingerprint density at radius 1 is 1.04 bits per heavy atom. The van der Waals surface area contributed by atoms with Gasteiger partial charge >= 0.3 is 0 Å². The summed E-state index contributed by atoms with van der Waals surface area (Å²) in [6, 6.07) is 8.68. The fraction of sp³-hybridized carbons (Fsp3) is 0.222. The van der Waals surface area contributed by atoms with Crippen molar-refractivity contribution in [1.29, 1.82) is 0 Å². The van der Waals surface area contributed by atoms with Crippen LogP contribution in [0.4, 0.5) is 18.9 Å². The summed E-state index contributed by atoms with van der Waals surface area (Å²) in [6.45, 7) is 0.867. The topological polar surface area (TPSA) is 49.4 Å². The van der Waals surface area contributed by atoms with Crippen LogP contribution >= 0.6 is 11.6 Å². The van der Waals surface area contributed by atoms with Gasteiger partial charge in [-0.2, -0.15) is 0 Å². The summed E-state index contributed by atoms with van der Waals surface area (Å²) in [7, 11) is 0. The van der Waals surface area contributed by atoms with Crippen molar-refractivity contribution in [3.63, 3.8) is 0 Å². The van der Waals surface area contributed by atoms with E-state index in [1.54, 1.807) is 12.1 Å². The number of nitrogens with zero attached hydrogens (tertiary/aromatic N) is 1. The minimum Gasteiger partial charge on any atom is -0.354 e. The Hall–Kier alpha value is -2.54. The molecule has 0 aliphatic rings. The highest BCUT2D eigenvalue weighted by Crippen LogP contribution is 2.23. The molecule has 2 rings (SSSR count).